The molecule has 4 rings (SSSR count). The van der Waals surface area contributed by atoms with Crippen molar-refractivity contribution in [1.82, 2.24) is 5.32 Å². The number of para-hydroxylation sites is 2. The lowest BCUT2D eigenvalue weighted by Gasteiger charge is -2.44. The standard InChI is InChI=1S/C24H25N3O6/c1-32-17-8-6-7-16(13-17)22(30)25-14-21(29)33-15-20(28)27-19-10-3-2-9-18(19)26-23(31)24(27)11-4-5-12-24/h2-3,6-10,13H,4-5,11-12,14-15H2,1H3,(H,25,30)(H,26,31). The summed E-state index contributed by atoms with van der Waals surface area (Å²) in [5, 5.41) is 5.37. The second-order valence-electron chi connectivity index (χ2n) is 8.01. The van der Waals surface area contributed by atoms with Gasteiger partial charge in [0.2, 0.25) is 0 Å². The molecule has 1 saturated carbocycles. The van der Waals surface area contributed by atoms with Crippen molar-refractivity contribution in [3.05, 3.63) is 54.1 Å². The number of ether oxygens (including phenoxy) is 2. The molecule has 2 aromatic carbocycles. The van der Waals surface area contributed by atoms with E-state index in [2.05, 4.69) is 10.6 Å². The summed E-state index contributed by atoms with van der Waals surface area (Å²) in [4.78, 5) is 52.0. The molecule has 0 radical (unpaired) electrons. The van der Waals surface area contributed by atoms with Crippen LogP contribution in [-0.2, 0) is 19.1 Å². The van der Waals surface area contributed by atoms with Crippen LogP contribution in [0.15, 0.2) is 48.5 Å². The lowest BCUT2D eigenvalue weighted by atomic mass is 9.90. The Bertz CT molecular complexity index is 1090. The van der Waals surface area contributed by atoms with E-state index in [9.17, 15) is 19.2 Å². The van der Waals surface area contributed by atoms with Gasteiger partial charge in [-0.1, -0.05) is 31.0 Å². The van der Waals surface area contributed by atoms with Gasteiger partial charge >= 0.3 is 5.97 Å². The van der Waals surface area contributed by atoms with Crippen LogP contribution in [0.4, 0.5) is 11.4 Å². The quantitative estimate of drug-likeness (QED) is 0.652. The number of nitrogens with one attached hydrogen (secondary N) is 2. The lowest BCUT2D eigenvalue weighted by molar-refractivity contribution is -0.147. The van der Waals surface area contributed by atoms with E-state index >= 15 is 0 Å². The number of fused-ring (bicyclic) bond motifs is 1. The molecule has 0 unspecified atom stereocenters. The van der Waals surface area contributed by atoms with Crippen LogP contribution in [0.2, 0.25) is 0 Å². The maximum Gasteiger partial charge on any atom is 0.325 e. The van der Waals surface area contributed by atoms with Gasteiger partial charge in [0.05, 0.1) is 18.5 Å². The number of esters is 1. The van der Waals surface area contributed by atoms with Crippen LogP contribution in [0.1, 0.15) is 36.0 Å². The fourth-order valence-electron chi connectivity index (χ4n) is 4.41. The molecule has 3 amide bonds. The number of carbonyl (C=O) groups is 4. The Morgan fingerprint density at radius 3 is 2.61 bits per heavy atom. The van der Waals surface area contributed by atoms with Crippen molar-refractivity contribution >= 4 is 35.1 Å². The fourth-order valence-corrected chi connectivity index (χ4v) is 4.41. The Morgan fingerprint density at radius 1 is 1.09 bits per heavy atom. The Kier molecular flexibility index (Phi) is 6.30. The summed E-state index contributed by atoms with van der Waals surface area (Å²) in [6.07, 6.45) is 2.75. The van der Waals surface area contributed by atoms with Crippen molar-refractivity contribution < 1.29 is 28.7 Å². The number of carbonyl (C=O) groups excluding carboxylic acids is 4. The number of rotatable bonds is 6. The number of anilines is 2. The summed E-state index contributed by atoms with van der Waals surface area (Å²) in [5.74, 6) is -1.41. The minimum Gasteiger partial charge on any atom is -0.497 e. The molecule has 2 aliphatic rings. The van der Waals surface area contributed by atoms with E-state index in [0.717, 1.165) is 12.8 Å². The molecule has 9 heteroatoms. The van der Waals surface area contributed by atoms with Crippen molar-refractivity contribution in [2.75, 3.05) is 30.5 Å². The third kappa shape index (κ3) is 4.39. The summed E-state index contributed by atoms with van der Waals surface area (Å²) < 4.78 is 10.2. The topological polar surface area (TPSA) is 114 Å². The highest BCUT2D eigenvalue weighted by atomic mass is 16.5. The molecule has 1 spiro atoms. The number of hydrogen-bond donors (Lipinski definition) is 2. The van der Waals surface area contributed by atoms with Gasteiger partial charge in [-0.25, -0.2) is 0 Å². The van der Waals surface area contributed by atoms with E-state index in [0.29, 0.717) is 35.5 Å². The van der Waals surface area contributed by atoms with Crippen LogP contribution in [0.5, 0.6) is 5.75 Å². The van der Waals surface area contributed by atoms with Crippen LogP contribution in [0, 0.1) is 0 Å². The first-order valence-electron chi connectivity index (χ1n) is 10.8. The van der Waals surface area contributed by atoms with Gasteiger partial charge in [0.15, 0.2) is 6.61 Å². The van der Waals surface area contributed by atoms with Gasteiger partial charge < -0.3 is 20.1 Å². The van der Waals surface area contributed by atoms with Gasteiger partial charge in [-0.05, 0) is 43.2 Å². The van der Waals surface area contributed by atoms with Crippen molar-refractivity contribution in [2.24, 2.45) is 0 Å². The molecule has 1 fully saturated rings. The van der Waals surface area contributed by atoms with Gasteiger partial charge in [-0.3, -0.25) is 24.1 Å². The van der Waals surface area contributed by atoms with E-state index in [1.54, 1.807) is 48.5 Å². The van der Waals surface area contributed by atoms with Crippen LogP contribution in [0.25, 0.3) is 0 Å². The number of benzene rings is 2. The van der Waals surface area contributed by atoms with E-state index < -0.39 is 36.5 Å². The Morgan fingerprint density at radius 2 is 1.85 bits per heavy atom. The summed E-state index contributed by atoms with van der Waals surface area (Å²) in [7, 11) is 1.49. The van der Waals surface area contributed by atoms with Gasteiger partial charge in [0.1, 0.15) is 17.8 Å². The summed E-state index contributed by atoms with van der Waals surface area (Å²) in [6.45, 7) is -0.928. The molecule has 2 N–H and O–H groups in total. The smallest absolute Gasteiger partial charge is 0.325 e. The van der Waals surface area contributed by atoms with E-state index in [4.69, 9.17) is 9.47 Å². The fraction of sp³-hybridized carbons (Fsp3) is 0.333. The second-order valence-corrected chi connectivity index (χ2v) is 8.01. The Labute approximate surface area is 191 Å². The van der Waals surface area contributed by atoms with Crippen LogP contribution in [-0.4, -0.2) is 49.5 Å². The van der Waals surface area contributed by atoms with Crippen LogP contribution in [0.3, 0.4) is 0 Å². The predicted molar refractivity (Wildman–Crippen MR) is 120 cm³/mol. The molecule has 1 aliphatic carbocycles. The maximum atomic E-state index is 13.2. The molecule has 33 heavy (non-hydrogen) atoms. The first-order chi connectivity index (χ1) is 15.9. The molecule has 1 heterocycles. The number of nitrogens with zero attached hydrogens (tertiary/aromatic N) is 1. The molecular formula is C24H25N3O6. The largest absolute Gasteiger partial charge is 0.497 e. The maximum absolute atomic E-state index is 13.2. The zero-order chi connectivity index (χ0) is 23.4. The molecule has 9 nitrogen and oxygen atoms in total. The van der Waals surface area contributed by atoms with Crippen molar-refractivity contribution in [3.8, 4) is 5.75 Å². The molecule has 2 aromatic rings. The zero-order valence-corrected chi connectivity index (χ0v) is 18.3. The molecular weight excluding hydrogens is 426 g/mol. The molecule has 1 aliphatic heterocycles. The first-order valence-corrected chi connectivity index (χ1v) is 10.8. The van der Waals surface area contributed by atoms with Gasteiger partial charge in [0.25, 0.3) is 17.7 Å². The first kappa shape index (κ1) is 22.3. The summed E-state index contributed by atoms with van der Waals surface area (Å²) >= 11 is 0. The van der Waals surface area contributed by atoms with Crippen molar-refractivity contribution in [1.29, 1.82) is 0 Å². The highest BCUT2D eigenvalue weighted by Gasteiger charge is 2.52. The van der Waals surface area contributed by atoms with E-state index in [-0.39, 0.29) is 5.91 Å². The third-order valence-corrected chi connectivity index (χ3v) is 6.01. The zero-order valence-electron chi connectivity index (χ0n) is 18.3. The van der Waals surface area contributed by atoms with Crippen molar-refractivity contribution in [2.45, 2.75) is 31.2 Å². The number of amides is 3. The van der Waals surface area contributed by atoms with E-state index in [1.165, 1.54) is 12.0 Å². The van der Waals surface area contributed by atoms with Gasteiger partial charge in [-0.15, -0.1) is 0 Å². The number of hydrogen-bond acceptors (Lipinski definition) is 6. The number of methoxy groups -OCH3 is 1. The normalized spacial score (nSPS) is 16.0. The van der Waals surface area contributed by atoms with Gasteiger partial charge in [-0.2, -0.15) is 0 Å². The highest BCUT2D eigenvalue weighted by Crippen LogP contribution is 2.45. The van der Waals surface area contributed by atoms with E-state index in [1.807, 2.05) is 0 Å². The van der Waals surface area contributed by atoms with Crippen LogP contribution >= 0.6 is 0 Å². The summed E-state index contributed by atoms with van der Waals surface area (Å²) in [5.41, 5.74) is 0.493. The van der Waals surface area contributed by atoms with Gasteiger partial charge in [0, 0.05) is 5.56 Å². The molecule has 0 atom stereocenters. The third-order valence-electron chi connectivity index (χ3n) is 6.01. The van der Waals surface area contributed by atoms with Crippen LogP contribution < -0.4 is 20.3 Å². The monoisotopic (exact) mass is 451 g/mol. The minimum absolute atomic E-state index is 0.219. The predicted octanol–water partition coefficient (Wildman–Crippen LogP) is 2.27. The summed E-state index contributed by atoms with van der Waals surface area (Å²) in [6, 6.07) is 13.6. The second kappa shape index (κ2) is 9.32. The molecule has 0 bridgehead atoms. The average Bonchev–Trinajstić information content (AvgIpc) is 3.32. The average molecular weight is 451 g/mol. The Balaban J connectivity index is 1.39. The SMILES string of the molecule is COc1cccc(C(=O)NCC(=O)OCC(=O)N2c3ccccc3NC(=O)C23CCCC3)c1. The molecule has 172 valence electrons. The molecule has 0 saturated heterocycles. The minimum atomic E-state index is -0.974. The lowest BCUT2D eigenvalue weighted by Crippen LogP contribution is -2.61. The highest BCUT2D eigenvalue weighted by molar-refractivity contribution is 6.15. The Hall–Kier alpha value is -3.88. The molecule has 0 aromatic heterocycles. The van der Waals surface area contributed by atoms with Crippen molar-refractivity contribution in [3.63, 3.8) is 0 Å².